The van der Waals surface area contributed by atoms with Crippen LogP contribution >= 0.6 is 0 Å². The number of hydrogen-bond acceptors (Lipinski definition) is 10. The Morgan fingerprint density at radius 2 is 1.87 bits per heavy atom. The molecular formula is C28H37NO9. The van der Waals surface area contributed by atoms with E-state index in [2.05, 4.69) is 11.0 Å². The largest absolute Gasteiger partial charge is 0.497 e. The van der Waals surface area contributed by atoms with Crippen LogP contribution in [0.15, 0.2) is 24.0 Å². The van der Waals surface area contributed by atoms with Crippen LogP contribution < -0.4 is 9.47 Å². The minimum Gasteiger partial charge on any atom is -0.497 e. The number of benzene rings is 1. The molecule has 208 valence electrons. The fourth-order valence-electron chi connectivity index (χ4n) is 6.41. The Morgan fingerprint density at radius 1 is 1.13 bits per heavy atom. The fraction of sp³-hybridized carbons (Fsp3) is 0.643. The monoisotopic (exact) mass is 531 g/mol. The van der Waals surface area contributed by atoms with E-state index in [0.29, 0.717) is 17.3 Å². The van der Waals surface area contributed by atoms with Gasteiger partial charge in [-0.2, -0.15) is 0 Å². The van der Waals surface area contributed by atoms with Crippen molar-refractivity contribution in [3.05, 3.63) is 35.1 Å². The Hall–Kier alpha value is -2.82. The van der Waals surface area contributed by atoms with E-state index in [-0.39, 0.29) is 25.6 Å². The third kappa shape index (κ3) is 4.63. The van der Waals surface area contributed by atoms with Gasteiger partial charge in [0.15, 0.2) is 23.2 Å². The van der Waals surface area contributed by atoms with Gasteiger partial charge in [-0.1, -0.05) is 0 Å². The van der Waals surface area contributed by atoms with Crippen molar-refractivity contribution in [2.75, 3.05) is 34.1 Å². The molecule has 10 nitrogen and oxygen atoms in total. The van der Waals surface area contributed by atoms with Crippen LogP contribution in [0.1, 0.15) is 63.0 Å². The average molecular weight is 532 g/mol. The van der Waals surface area contributed by atoms with Crippen molar-refractivity contribution in [2.24, 2.45) is 0 Å². The number of aliphatic hydroxyl groups is 2. The van der Waals surface area contributed by atoms with Crippen LogP contribution in [0.2, 0.25) is 0 Å². The molecule has 38 heavy (non-hydrogen) atoms. The lowest BCUT2D eigenvalue weighted by Gasteiger charge is -2.39. The van der Waals surface area contributed by atoms with E-state index < -0.39 is 41.2 Å². The highest BCUT2D eigenvalue weighted by Gasteiger charge is 2.59. The lowest BCUT2D eigenvalue weighted by molar-refractivity contribution is -0.179. The Balaban J connectivity index is 1.53. The predicted octanol–water partition coefficient (Wildman–Crippen LogP) is 2.19. The molecule has 0 radical (unpaired) electrons. The second-order valence-electron chi connectivity index (χ2n) is 11.4. The van der Waals surface area contributed by atoms with Crippen LogP contribution in [-0.2, 0) is 30.2 Å². The number of carbonyl (C=O) groups is 2. The first-order valence-electron chi connectivity index (χ1n) is 13.2. The van der Waals surface area contributed by atoms with Crippen LogP contribution in [0.3, 0.4) is 0 Å². The molecule has 0 amide bonds. The van der Waals surface area contributed by atoms with Gasteiger partial charge in [0, 0.05) is 6.54 Å². The summed E-state index contributed by atoms with van der Waals surface area (Å²) in [5, 5.41) is 21.7. The summed E-state index contributed by atoms with van der Waals surface area (Å²) in [6.07, 6.45) is 3.18. The summed E-state index contributed by atoms with van der Waals surface area (Å²) in [6.45, 7) is 5.04. The van der Waals surface area contributed by atoms with Crippen molar-refractivity contribution < 1.29 is 43.5 Å². The first-order valence-corrected chi connectivity index (χ1v) is 13.2. The third-order valence-electron chi connectivity index (χ3n) is 8.39. The highest BCUT2D eigenvalue weighted by atomic mass is 16.7. The lowest BCUT2D eigenvalue weighted by atomic mass is 9.77. The molecule has 3 aliphatic heterocycles. The molecule has 1 spiro atoms. The van der Waals surface area contributed by atoms with Gasteiger partial charge in [-0.15, -0.1) is 0 Å². The molecule has 0 aromatic heterocycles. The van der Waals surface area contributed by atoms with Crippen molar-refractivity contribution in [2.45, 2.75) is 81.1 Å². The number of esters is 2. The minimum absolute atomic E-state index is 0.0701. The minimum atomic E-state index is -2.18. The molecular weight excluding hydrogens is 494 g/mol. The first-order chi connectivity index (χ1) is 18.0. The van der Waals surface area contributed by atoms with Crippen molar-refractivity contribution in [3.8, 4) is 11.5 Å². The highest BCUT2D eigenvalue weighted by molar-refractivity contribution is 5.86. The SMILES string of the molecule is COC(=O)C[C@@](O)(CCC(C)(C)O)C(=O)O[C@@H]1C(OC)=CC23CCCN2CCc2cc4c(cc2[C@H]13)OCO4. The zero-order valence-electron chi connectivity index (χ0n) is 22.5. The molecule has 0 saturated carbocycles. The van der Waals surface area contributed by atoms with Crippen molar-refractivity contribution in [1.82, 2.24) is 4.90 Å². The van der Waals surface area contributed by atoms with Gasteiger partial charge >= 0.3 is 11.9 Å². The van der Waals surface area contributed by atoms with Gasteiger partial charge in [0.1, 0.15) is 5.76 Å². The average Bonchev–Trinajstić information content (AvgIpc) is 3.56. The number of hydrogen-bond donors (Lipinski definition) is 2. The number of ether oxygens (including phenoxy) is 5. The van der Waals surface area contributed by atoms with Gasteiger partial charge in [0.2, 0.25) is 6.79 Å². The van der Waals surface area contributed by atoms with Gasteiger partial charge in [-0.25, -0.2) is 4.79 Å². The molecule has 1 aromatic carbocycles. The van der Waals surface area contributed by atoms with Gasteiger partial charge in [-0.3, -0.25) is 9.69 Å². The van der Waals surface area contributed by atoms with E-state index in [1.807, 2.05) is 12.1 Å². The number of rotatable bonds is 8. The zero-order chi connectivity index (χ0) is 27.3. The summed E-state index contributed by atoms with van der Waals surface area (Å²) in [4.78, 5) is 28.3. The molecule has 10 heteroatoms. The molecule has 1 aromatic rings. The van der Waals surface area contributed by atoms with Crippen LogP contribution in [0.25, 0.3) is 0 Å². The summed E-state index contributed by atoms with van der Waals surface area (Å²) in [7, 11) is 2.74. The van der Waals surface area contributed by atoms with E-state index in [1.54, 1.807) is 21.0 Å². The summed E-state index contributed by atoms with van der Waals surface area (Å²) < 4.78 is 28.0. The summed E-state index contributed by atoms with van der Waals surface area (Å²) >= 11 is 0. The quantitative estimate of drug-likeness (QED) is 0.483. The maximum atomic E-state index is 13.7. The molecule has 4 aliphatic rings. The standard InChI is InChI=1S/C28H37NO9/c1-26(2,32)8-9-28(33,15-22(30)35-4)25(31)38-24-21(34-3)14-27-7-5-10-29(27)11-6-17-12-19-20(37-16-36-19)13-18(17)23(24)27/h12-14,23-24,32-33H,5-11,15-16H2,1-4H3/t23-,24-,27?,28+/m1/s1. The van der Waals surface area contributed by atoms with E-state index in [0.717, 1.165) is 43.5 Å². The van der Waals surface area contributed by atoms with E-state index in [4.69, 9.17) is 23.7 Å². The molecule has 4 atom stereocenters. The Morgan fingerprint density at radius 3 is 2.55 bits per heavy atom. The number of nitrogens with zero attached hydrogens (tertiary/aromatic N) is 1. The molecule has 1 saturated heterocycles. The van der Waals surface area contributed by atoms with Gasteiger partial charge < -0.3 is 33.9 Å². The second-order valence-corrected chi connectivity index (χ2v) is 11.4. The second kappa shape index (κ2) is 9.73. The molecule has 1 fully saturated rings. The summed E-state index contributed by atoms with van der Waals surface area (Å²) in [6, 6.07) is 3.99. The van der Waals surface area contributed by atoms with E-state index in [9.17, 15) is 19.8 Å². The fourth-order valence-corrected chi connectivity index (χ4v) is 6.41. The smallest absolute Gasteiger partial charge is 0.339 e. The van der Waals surface area contributed by atoms with Crippen LogP contribution in [0.4, 0.5) is 0 Å². The molecule has 0 bridgehead atoms. The van der Waals surface area contributed by atoms with Gasteiger partial charge in [0.25, 0.3) is 0 Å². The molecule has 2 N–H and O–H groups in total. The number of carbonyl (C=O) groups excluding carboxylic acids is 2. The summed E-state index contributed by atoms with van der Waals surface area (Å²) in [5.41, 5.74) is -1.69. The van der Waals surface area contributed by atoms with Crippen LogP contribution in [0, 0.1) is 0 Å². The molecule has 1 aliphatic carbocycles. The number of methoxy groups -OCH3 is 2. The zero-order valence-corrected chi connectivity index (χ0v) is 22.5. The highest BCUT2D eigenvalue weighted by Crippen LogP contribution is 2.55. The molecule has 5 rings (SSSR count). The predicted molar refractivity (Wildman–Crippen MR) is 135 cm³/mol. The Labute approximate surface area is 222 Å². The van der Waals surface area contributed by atoms with Crippen LogP contribution in [-0.4, -0.2) is 84.0 Å². The van der Waals surface area contributed by atoms with Crippen LogP contribution in [0.5, 0.6) is 11.5 Å². The Kier molecular flexibility index (Phi) is 6.86. The first kappa shape index (κ1) is 26.8. The topological polar surface area (TPSA) is 124 Å². The van der Waals surface area contributed by atoms with Crippen molar-refractivity contribution in [3.63, 3.8) is 0 Å². The lowest BCUT2D eigenvalue weighted by Crippen LogP contribution is -2.49. The van der Waals surface area contributed by atoms with Crippen molar-refractivity contribution >= 4 is 11.9 Å². The van der Waals surface area contributed by atoms with Crippen molar-refractivity contribution in [1.29, 1.82) is 0 Å². The molecule has 3 heterocycles. The number of fused-ring (bicyclic) bond motifs is 3. The maximum Gasteiger partial charge on any atom is 0.339 e. The summed E-state index contributed by atoms with van der Waals surface area (Å²) in [5.74, 6) is -0.163. The van der Waals surface area contributed by atoms with Gasteiger partial charge in [0.05, 0.1) is 37.7 Å². The van der Waals surface area contributed by atoms with E-state index >= 15 is 0 Å². The Bertz CT molecular complexity index is 1140. The third-order valence-corrected chi connectivity index (χ3v) is 8.39. The van der Waals surface area contributed by atoms with E-state index in [1.165, 1.54) is 7.11 Å². The normalized spacial score (nSPS) is 27.4. The maximum absolute atomic E-state index is 13.7. The van der Waals surface area contributed by atoms with Gasteiger partial charge in [-0.05, 0) is 81.8 Å². The molecule has 1 unspecified atom stereocenters.